The summed E-state index contributed by atoms with van der Waals surface area (Å²) in [6, 6.07) is 14.3. The standard InChI is InChI=1S/C21H17F3N2O2/c1-13-6-9-16(12-25-13)26-20(27)19-5-3-4-18(14(19)2)15-7-10-17(11-8-15)28-21(22,23)24/h3-12H,1-2H3,(H,26,27). The van der Waals surface area contributed by atoms with Crippen molar-refractivity contribution in [3.63, 3.8) is 0 Å². The van der Waals surface area contributed by atoms with Crippen molar-refractivity contribution in [3.8, 4) is 16.9 Å². The van der Waals surface area contributed by atoms with Crippen LogP contribution in [0.3, 0.4) is 0 Å². The van der Waals surface area contributed by atoms with Crippen molar-refractivity contribution in [1.82, 2.24) is 4.98 Å². The molecule has 3 rings (SSSR count). The number of halogens is 3. The van der Waals surface area contributed by atoms with Gasteiger partial charge in [0, 0.05) is 11.3 Å². The van der Waals surface area contributed by atoms with E-state index >= 15 is 0 Å². The van der Waals surface area contributed by atoms with Crippen molar-refractivity contribution in [3.05, 3.63) is 77.6 Å². The van der Waals surface area contributed by atoms with Crippen LogP contribution in [0.25, 0.3) is 11.1 Å². The Bertz CT molecular complexity index is 982. The molecule has 0 bridgehead atoms. The zero-order chi connectivity index (χ0) is 20.3. The van der Waals surface area contributed by atoms with Crippen molar-refractivity contribution >= 4 is 11.6 Å². The molecule has 28 heavy (non-hydrogen) atoms. The van der Waals surface area contributed by atoms with E-state index in [0.717, 1.165) is 11.3 Å². The SMILES string of the molecule is Cc1ccc(NC(=O)c2cccc(-c3ccc(OC(F)(F)F)cc3)c2C)cn1. The average molecular weight is 386 g/mol. The molecule has 0 spiro atoms. The van der Waals surface area contributed by atoms with Crippen LogP contribution in [0.15, 0.2) is 60.8 Å². The average Bonchev–Trinajstić information content (AvgIpc) is 2.63. The van der Waals surface area contributed by atoms with Gasteiger partial charge in [0.05, 0.1) is 11.9 Å². The van der Waals surface area contributed by atoms with Gasteiger partial charge in [-0.1, -0.05) is 24.3 Å². The number of nitrogens with one attached hydrogen (secondary N) is 1. The van der Waals surface area contributed by atoms with E-state index in [-0.39, 0.29) is 11.7 Å². The number of benzene rings is 2. The number of rotatable bonds is 4. The van der Waals surface area contributed by atoms with Gasteiger partial charge in [-0.15, -0.1) is 13.2 Å². The number of aromatic nitrogens is 1. The molecule has 1 amide bonds. The minimum absolute atomic E-state index is 0.290. The Balaban J connectivity index is 1.84. The summed E-state index contributed by atoms with van der Waals surface area (Å²) in [6.07, 6.45) is -3.16. The second-order valence-corrected chi connectivity index (χ2v) is 6.19. The van der Waals surface area contributed by atoms with Crippen molar-refractivity contribution in [2.45, 2.75) is 20.2 Å². The molecule has 0 saturated carbocycles. The highest BCUT2D eigenvalue weighted by Crippen LogP contribution is 2.29. The van der Waals surface area contributed by atoms with Crippen LogP contribution in [0.1, 0.15) is 21.6 Å². The second-order valence-electron chi connectivity index (χ2n) is 6.19. The third kappa shape index (κ3) is 4.68. The predicted octanol–water partition coefficient (Wildman–Crippen LogP) is 5.52. The number of hydrogen-bond acceptors (Lipinski definition) is 3. The second kappa shape index (κ2) is 7.72. The molecule has 0 unspecified atom stereocenters. The molecular formula is C21H17F3N2O2. The number of carbonyl (C=O) groups excluding carboxylic acids is 1. The topological polar surface area (TPSA) is 51.2 Å². The van der Waals surface area contributed by atoms with Gasteiger partial charge in [0.1, 0.15) is 5.75 Å². The summed E-state index contributed by atoms with van der Waals surface area (Å²) in [5, 5.41) is 2.79. The minimum atomic E-state index is -4.74. The normalized spacial score (nSPS) is 11.2. The maximum atomic E-state index is 12.6. The fourth-order valence-electron chi connectivity index (χ4n) is 2.77. The van der Waals surface area contributed by atoms with Gasteiger partial charge in [-0.25, -0.2) is 0 Å². The van der Waals surface area contributed by atoms with Crippen LogP contribution < -0.4 is 10.1 Å². The molecule has 0 aliphatic carbocycles. The molecule has 144 valence electrons. The van der Waals surface area contributed by atoms with Crippen molar-refractivity contribution < 1.29 is 22.7 Å². The molecule has 0 saturated heterocycles. The van der Waals surface area contributed by atoms with Gasteiger partial charge in [-0.3, -0.25) is 9.78 Å². The quantitative estimate of drug-likeness (QED) is 0.643. The number of ether oxygens (including phenoxy) is 1. The predicted molar refractivity (Wildman–Crippen MR) is 100 cm³/mol. The Kier molecular flexibility index (Phi) is 5.35. The lowest BCUT2D eigenvalue weighted by Gasteiger charge is -2.13. The number of pyridine rings is 1. The lowest BCUT2D eigenvalue weighted by atomic mass is 9.96. The fourth-order valence-corrected chi connectivity index (χ4v) is 2.77. The molecule has 3 aromatic rings. The van der Waals surface area contributed by atoms with Gasteiger partial charge < -0.3 is 10.1 Å². The third-order valence-electron chi connectivity index (χ3n) is 4.15. The summed E-state index contributed by atoms with van der Waals surface area (Å²) in [6.45, 7) is 3.64. The van der Waals surface area contributed by atoms with E-state index in [4.69, 9.17) is 0 Å². The van der Waals surface area contributed by atoms with E-state index < -0.39 is 6.36 Å². The first kappa shape index (κ1) is 19.4. The van der Waals surface area contributed by atoms with Crippen LogP contribution in [-0.4, -0.2) is 17.3 Å². The van der Waals surface area contributed by atoms with Crippen LogP contribution in [-0.2, 0) is 0 Å². The smallest absolute Gasteiger partial charge is 0.406 e. The summed E-state index contributed by atoms with van der Waals surface area (Å²) < 4.78 is 40.8. The molecule has 1 heterocycles. The molecule has 1 N–H and O–H groups in total. The molecule has 4 nitrogen and oxygen atoms in total. The zero-order valence-electron chi connectivity index (χ0n) is 15.2. The lowest BCUT2D eigenvalue weighted by molar-refractivity contribution is -0.274. The minimum Gasteiger partial charge on any atom is -0.406 e. The molecule has 0 fully saturated rings. The number of anilines is 1. The van der Waals surface area contributed by atoms with Gasteiger partial charge in [-0.2, -0.15) is 0 Å². The zero-order valence-corrected chi connectivity index (χ0v) is 15.2. The number of alkyl halides is 3. The highest BCUT2D eigenvalue weighted by atomic mass is 19.4. The van der Waals surface area contributed by atoms with E-state index in [1.54, 1.807) is 43.5 Å². The molecule has 1 aromatic heterocycles. The summed E-state index contributed by atoms with van der Waals surface area (Å²) in [5.74, 6) is -0.586. The van der Waals surface area contributed by atoms with Crippen LogP contribution in [0, 0.1) is 13.8 Å². The Morgan fingerprint density at radius 2 is 1.71 bits per heavy atom. The summed E-state index contributed by atoms with van der Waals surface area (Å²) >= 11 is 0. The Labute approximate surface area is 160 Å². The van der Waals surface area contributed by atoms with E-state index in [2.05, 4.69) is 15.0 Å². The molecule has 2 aromatic carbocycles. The molecule has 0 atom stereocenters. The number of amides is 1. The van der Waals surface area contributed by atoms with Crippen LogP contribution in [0.2, 0.25) is 0 Å². The monoisotopic (exact) mass is 386 g/mol. The lowest BCUT2D eigenvalue weighted by Crippen LogP contribution is -2.17. The maximum Gasteiger partial charge on any atom is 0.573 e. The Morgan fingerprint density at radius 1 is 1.00 bits per heavy atom. The van der Waals surface area contributed by atoms with Gasteiger partial charge in [0.2, 0.25) is 0 Å². The van der Waals surface area contributed by atoms with Crippen molar-refractivity contribution in [2.24, 2.45) is 0 Å². The first-order valence-corrected chi connectivity index (χ1v) is 8.43. The summed E-state index contributed by atoms with van der Waals surface area (Å²) in [5.41, 5.74) is 4.02. The number of carbonyl (C=O) groups is 1. The maximum absolute atomic E-state index is 12.6. The molecule has 0 aliphatic rings. The van der Waals surface area contributed by atoms with E-state index in [1.807, 2.05) is 6.92 Å². The summed E-state index contributed by atoms with van der Waals surface area (Å²) in [4.78, 5) is 16.8. The molecule has 0 radical (unpaired) electrons. The number of aryl methyl sites for hydroxylation is 1. The Hall–Kier alpha value is -3.35. The van der Waals surface area contributed by atoms with Gasteiger partial charge >= 0.3 is 6.36 Å². The largest absolute Gasteiger partial charge is 0.573 e. The van der Waals surface area contributed by atoms with Crippen molar-refractivity contribution in [2.75, 3.05) is 5.32 Å². The van der Waals surface area contributed by atoms with E-state index in [9.17, 15) is 18.0 Å². The first-order valence-electron chi connectivity index (χ1n) is 8.43. The molecule has 0 aliphatic heterocycles. The van der Waals surface area contributed by atoms with E-state index in [0.29, 0.717) is 22.4 Å². The van der Waals surface area contributed by atoms with Gasteiger partial charge in [-0.05, 0) is 60.9 Å². The number of hydrogen-bond donors (Lipinski definition) is 1. The third-order valence-corrected chi connectivity index (χ3v) is 4.15. The van der Waals surface area contributed by atoms with Gasteiger partial charge in [0.15, 0.2) is 0 Å². The number of nitrogens with zero attached hydrogens (tertiary/aromatic N) is 1. The van der Waals surface area contributed by atoms with Crippen LogP contribution >= 0.6 is 0 Å². The van der Waals surface area contributed by atoms with E-state index in [1.165, 1.54) is 24.3 Å². The van der Waals surface area contributed by atoms with Crippen molar-refractivity contribution in [1.29, 1.82) is 0 Å². The van der Waals surface area contributed by atoms with Crippen LogP contribution in [0.4, 0.5) is 18.9 Å². The Morgan fingerprint density at radius 3 is 2.32 bits per heavy atom. The van der Waals surface area contributed by atoms with Gasteiger partial charge in [0.25, 0.3) is 5.91 Å². The highest BCUT2D eigenvalue weighted by molar-refractivity contribution is 6.06. The highest BCUT2D eigenvalue weighted by Gasteiger charge is 2.31. The fraction of sp³-hybridized carbons (Fsp3) is 0.143. The van der Waals surface area contributed by atoms with Crippen LogP contribution in [0.5, 0.6) is 5.75 Å². The first-order chi connectivity index (χ1) is 13.2. The molecular weight excluding hydrogens is 369 g/mol. The molecule has 7 heteroatoms. The summed E-state index contributed by atoms with van der Waals surface area (Å²) in [7, 11) is 0.